The fraction of sp³-hybridized carbons (Fsp3) is 0.308. The number of carbonyl (C=O) groups excluding carboxylic acids is 2. The first-order valence-corrected chi connectivity index (χ1v) is 5.68. The van der Waals surface area contributed by atoms with Crippen molar-refractivity contribution in [2.24, 2.45) is 0 Å². The quantitative estimate of drug-likeness (QED) is 0.745. The number of ether oxygens (including phenoxy) is 1. The van der Waals surface area contributed by atoms with E-state index < -0.39 is 23.9 Å². The lowest BCUT2D eigenvalue weighted by Crippen LogP contribution is -2.34. The monoisotopic (exact) mass is 265 g/mol. The van der Waals surface area contributed by atoms with Crippen molar-refractivity contribution >= 4 is 17.8 Å². The molecule has 1 amide bonds. The van der Waals surface area contributed by atoms with Gasteiger partial charge in [-0.05, 0) is 5.56 Å². The Morgan fingerprint density at radius 2 is 1.84 bits per heavy atom. The summed E-state index contributed by atoms with van der Waals surface area (Å²) in [6, 6.07) is 7.68. The Balaban J connectivity index is 2.74. The molecule has 6 heteroatoms. The van der Waals surface area contributed by atoms with Crippen LogP contribution in [0.25, 0.3) is 0 Å². The maximum atomic E-state index is 11.6. The topological polar surface area (TPSA) is 92.7 Å². The number of rotatable bonds is 6. The van der Waals surface area contributed by atoms with Crippen molar-refractivity contribution in [2.45, 2.75) is 18.9 Å². The molecule has 0 aromatic heterocycles. The minimum atomic E-state index is -1.07. The number of aliphatic carboxylic acids is 1. The molecule has 0 saturated carbocycles. The van der Waals surface area contributed by atoms with Gasteiger partial charge >= 0.3 is 11.9 Å². The number of hydrogen-bond acceptors (Lipinski definition) is 4. The minimum absolute atomic E-state index is 0.185. The first-order chi connectivity index (χ1) is 9.04. The summed E-state index contributed by atoms with van der Waals surface area (Å²) < 4.78 is 4.62. The number of hydrogen-bond donors (Lipinski definition) is 2. The highest BCUT2D eigenvalue weighted by atomic mass is 16.5. The predicted octanol–water partition coefficient (Wildman–Crippen LogP) is 0.882. The third-order valence-electron chi connectivity index (χ3n) is 2.44. The van der Waals surface area contributed by atoms with Crippen molar-refractivity contribution in [3.63, 3.8) is 0 Å². The average molecular weight is 265 g/mol. The van der Waals surface area contributed by atoms with Crippen LogP contribution in [-0.4, -0.2) is 30.1 Å². The second kappa shape index (κ2) is 7.15. The highest BCUT2D eigenvalue weighted by molar-refractivity contribution is 5.86. The lowest BCUT2D eigenvalue weighted by atomic mass is 10.1. The van der Waals surface area contributed by atoms with Crippen LogP contribution in [0.5, 0.6) is 0 Å². The van der Waals surface area contributed by atoms with Gasteiger partial charge in [0.25, 0.3) is 0 Å². The van der Waals surface area contributed by atoms with E-state index in [2.05, 4.69) is 10.1 Å². The fourth-order valence-corrected chi connectivity index (χ4v) is 1.50. The van der Waals surface area contributed by atoms with E-state index in [1.165, 1.54) is 7.11 Å². The van der Waals surface area contributed by atoms with Crippen LogP contribution < -0.4 is 5.32 Å². The Hall–Kier alpha value is -2.37. The number of esters is 1. The van der Waals surface area contributed by atoms with Crippen LogP contribution in [0.15, 0.2) is 30.3 Å². The summed E-state index contributed by atoms with van der Waals surface area (Å²) in [6.45, 7) is 0. The minimum Gasteiger partial charge on any atom is -0.481 e. The number of benzene rings is 1. The van der Waals surface area contributed by atoms with Crippen LogP contribution in [0.4, 0.5) is 0 Å². The summed E-state index contributed by atoms with van der Waals surface area (Å²) in [5.74, 6) is -2.18. The van der Waals surface area contributed by atoms with Gasteiger partial charge in [0.1, 0.15) is 0 Å². The third kappa shape index (κ3) is 4.79. The van der Waals surface area contributed by atoms with E-state index in [0.717, 1.165) is 0 Å². The van der Waals surface area contributed by atoms with E-state index in [4.69, 9.17) is 5.11 Å². The van der Waals surface area contributed by atoms with Crippen molar-refractivity contribution in [1.29, 1.82) is 0 Å². The molecule has 0 bridgehead atoms. The van der Waals surface area contributed by atoms with Gasteiger partial charge in [-0.2, -0.15) is 0 Å². The number of carbonyl (C=O) groups is 3. The molecule has 0 fully saturated rings. The standard InChI is InChI=1S/C13H15NO5/c1-19-13(18)12(9-5-3-2-4-6-9)14-10(15)7-8-11(16)17/h2-6,12H,7-8H2,1H3,(H,14,15)(H,16,17). The maximum Gasteiger partial charge on any atom is 0.333 e. The van der Waals surface area contributed by atoms with E-state index >= 15 is 0 Å². The third-order valence-corrected chi connectivity index (χ3v) is 2.44. The molecule has 0 saturated heterocycles. The molecule has 1 atom stereocenters. The number of carboxylic acids is 1. The summed E-state index contributed by atoms with van der Waals surface area (Å²) in [5, 5.41) is 11.0. The number of nitrogens with one attached hydrogen (secondary N) is 1. The number of methoxy groups -OCH3 is 1. The smallest absolute Gasteiger partial charge is 0.333 e. The molecular weight excluding hydrogens is 250 g/mol. The summed E-state index contributed by atoms with van der Waals surface area (Å²) in [7, 11) is 1.22. The van der Waals surface area contributed by atoms with Crippen LogP contribution in [-0.2, 0) is 19.1 Å². The molecule has 2 N–H and O–H groups in total. The highest BCUT2D eigenvalue weighted by Crippen LogP contribution is 2.14. The molecule has 0 aliphatic carbocycles. The van der Waals surface area contributed by atoms with Crippen molar-refractivity contribution in [1.82, 2.24) is 5.32 Å². The fourth-order valence-electron chi connectivity index (χ4n) is 1.50. The van der Waals surface area contributed by atoms with Gasteiger partial charge in [0, 0.05) is 6.42 Å². The van der Waals surface area contributed by atoms with Gasteiger partial charge in [-0.3, -0.25) is 9.59 Å². The summed E-state index contributed by atoms with van der Waals surface area (Å²) in [4.78, 5) is 33.6. The zero-order chi connectivity index (χ0) is 14.3. The van der Waals surface area contributed by atoms with Crippen LogP contribution in [0, 0.1) is 0 Å². The molecule has 0 aliphatic rings. The lowest BCUT2D eigenvalue weighted by Gasteiger charge is -2.16. The van der Waals surface area contributed by atoms with E-state index in [1.807, 2.05) is 0 Å². The van der Waals surface area contributed by atoms with Crippen LogP contribution in [0.2, 0.25) is 0 Å². The van der Waals surface area contributed by atoms with Gasteiger partial charge in [-0.25, -0.2) is 4.79 Å². The van der Waals surface area contributed by atoms with Gasteiger partial charge in [0.2, 0.25) is 5.91 Å². The Morgan fingerprint density at radius 3 is 2.37 bits per heavy atom. The van der Waals surface area contributed by atoms with Crippen LogP contribution in [0.3, 0.4) is 0 Å². The number of amides is 1. The SMILES string of the molecule is COC(=O)C(NC(=O)CCC(=O)O)c1ccccc1. The summed E-state index contributed by atoms with van der Waals surface area (Å²) in [6.07, 6.45) is -0.468. The Bertz CT molecular complexity index is 457. The Morgan fingerprint density at radius 1 is 1.21 bits per heavy atom. The van der Waals surface area contributed by atoms with Crippen molar-refractivity contribution in [2.75, 3.05) is 7.11 Å². The van der Waals surface area contributed by atoms with Crippen LogP contribution in [0.1, 0.15) is 24.4 Å². The molecule has 1 unspecified atom stereocenters. The first-order valence-electron chi connectivity index (χ1n) is 5.68. The van der Waals surface area contributed by atoms with E-state index in [1.54, 1.807) is 30.3 Å². The molecule has 0 radical (unpaired) electrons. The molecular formula is C13H15NO5. The molecule has 0 heterocycles. The summed E-state index contributed by atoms with van der Waals surface area (Å²) in [5.41, 5.74) is 0.582. The maximum absolute atomic E-state index is 11.6. The normalized spacial score (nSPS) is 11.4. The highest BCUT2D eigenvalue weighted by Gasteiger charge is 2.23. The second-order valence-electron chi connectivity index (χ2n) is 3.83. The Kier molecular flexibility index (Phi) is 5.53. The predicted molar refractivity (Wildman–Crippen MR) is 66.2 cm³/mol. The zero-order valence-electron chi connectivity index (χ0n) is 10.5. The lowest BCUT2D eigenvalue weighted by molar-refractivity contribution is -0.145. The molecule has 19 heavy (non-hydrogen) atoms. The Labute approximate surface area is 110 Å². The molecule has 1 rings (SSSR count). The molecule has 0 aliphatic heterocycles. The van der Waals surface area contributed by atoms with E-state index in [-0.39, 0.29) is 12.8 Å². The average Bonchev–Trinajstić information content (AvgIpc) is 2.42. The first kappa shape index (κ1) is 14.7. The largest absolute Gasteiger partial charge is 0.481 e. The zero-order valence-corrected chi connectivity index (χ0v) is 10.5. The molecule has 0 spiro atoms. The molecule has 1 aromatic rings. The second-order valence-corrected chi connectivity index (χ2v) is 3.83. The van der Waals surface area contributed by atoms with Crippen molar-refractivity contribution in [3.05, 3.63) is 35.9 Å². The van der Waals surface area contributed by atoms with Crippen molar-refractivity contribution < 1.29 is 24.2 Å². The van der Waals surface area contributed by atoms with E-state index in [9.17, 15) is 14.4 Å². The molecule has 102 valence electrons. The van der Waals surface area contributed by atoms with Gasteiger partial charge < -0.3 is 15.2 Å². The van der Waals surface area contributed by atoms with Crippen molar-refractivity contribution in [3.8, 4) is 0 Å². The van der Waals surface area contributed by atoms with Gasteiger partial charge in [0.05, 0.1) is 13.5 Å². The van der Waals surface area contributed by atoms with Crippen LogP contribution >= 0.6 is 0 Å². The van der Waals surface area contributed by atoms with Gasteiger partial charge in [0.15, 0.2) is 6.04 Å². The molecule has 6 nitrogen and oxygen atoms in total. The van der Waals surface area contributed by atoms with Gasteiger partial charge in [-0.1, -0.05) is 30.3 Å². The summed E-state index contributed by atoms with van der Waals surface area (Å²) >= 11 is 0. The van der Waals surface area contributed by atoms with Gasteiger partial charge in [-0.15, -0.1) is 0 Å². The molecule has 1 aromatic carbocycles. The van der Waals surface area contributed by atoms with E-state index in [0.29, 0.717) is 5.56 Å². The number of carboxylic acid groups (broad SMARTS) is 1.